The van der Waals surface area contributed by atoms with Crippen LogP contribution in [0.15, 0.2) is 30.6 Å². The van der Waals surface area contributed by atoms with E-state index in [9.17, 15) is 0 Å². The summed E-state index contributed by atoms with van der Waals surface area (Å²) in [5.41, 5.74) is 2.83. The van der Waals surface area contributed by atoms with Gasteiger partial charge in [-0.1, -0.05) is 6.07 Å². The molecule has 0 spiro atoms. The lowest BCUT2D eigenvalue weighted by atomic mass is 10.2. The molecule has 0 bridgehead atoms. The normalized spacial score (nSPS) is 10.3. The van der Waals surface area contributed by atoms with Gasteiger partial charge in [-0.25, -0.2) is 9.97 Å². The monoisotopic (exact) mass is 217 g/mol. The van der Waals surface area contributed by atoms with Crippen molar-refractivity contribution in [2.75, 3.05) is 0 Å². The molecule has 2 aromatic rings. The minimum atomic E-state index is 0.557. The van der Waals surface area contributed by atoms with Crippen LogP contribution in [0, 0.1) is 6.92 Å². The fraction of sp³-hybridized carbons (Fsp3) is 0.182. The number of nitrogens with zero attached hydrogens (tertiary/aromatic N) is 3. The summed E-state index contributed by atoms with van der Waals surface area (Å²) in [4.78, 5) is 12.8. The lowest BCUT2D eigenvalue weighted by Crippen LogP contribution is -1.93. The van der Waals surface area contributed by atoms with Crippen LogP contribution in [0.3, 0.4) is 0 Å². The van der Waals surface area contributed by atoms with Gasteiger partial charge in [0.25, 0.3) is 0 Å². The van der Waals surface area contributed by atoms with Crippen molar-refractivity contribution in [3.63, 3.8) is 0 Å². The fourth-order valence-corrected chi connectivity index (χ4v) is 1.44. The second-order valence-electron chi connectivity index (χ2n) is 3.21. The maximum absolute atomic E-state index is 4.40. The minimum Gasteiger partial charge on any atom is -0.253 e. The standard InChI is InChI=1S/C11H11N3S/c1-8-3-2-4-10(14-8)9-5-12-11(7-15)13-6-9/h2-6,15H,7H2,1H3. The Balaban J connectivity index is 2.37. The van der Waals surface area contributed by atoms with Crippen molar-refractivity contribution in [1.82, 2.24) is 15.0 Å². The molecule has 2 aromatic heterocycles. The third kappa shape index (κ3) is 2.33. The third-order valence-electron chi connectivity index (χ3n) is 2.03. The van der Waals surface area contributed by atoms with Crippen molar-refractivity contribution in [2.45, 2.75) is 12.7 Å². The van der Waals surface area contributed by atoms with Crippen LogP contribution in [0.5, 0.6) is 0 Å². The first-order valence-corrected chi connectivity index (χ1v) is 5.28. The highest BCUT2D eigenvalue weighted by Crippen LogP contribution is 2.14. The van der Waals surface area contributed by atoms with Gasteiger partial charge >= 0.3 is 0 Å². The van der Waals surface area contributed by atoms with Gasteiger partial charge in [0.2, 0.25) is 0 Å². The van der Waals surface area contributed by atoms with E-state index in [2.05, 4.69) is 27.6 Å². The third-order valence-corrected chi connectivity index (χ3v) is 2.31. The molecule has 0 aliphatic carbocycles. The van der Waals surface area contributed by atoms with Crippen molar-refractivity contribution in [3.8, 4) is 11.3 Å². The van der Waals surface area contributed by atoms with Gasteiger partial charge in [0.05, 0.1) is 11.4 Å². The zero-order chi connectivity index (χ0) is 10.7. The minimum absolute atomic E-state index is 0.557. The van der Waals surface area contributed by atoms with E-state index in [1.165, 1.54) is 0 Å². The Bertz CT molecular complexity index is 454. The molecule has 0 saturated heterocycles. The molecule has 0 aromatic carbocycles. The summed E-state index contributed by atoms with van der Waals surface area (Å²) in [5.74, 6) is 1.29. The van der Waals surface area contributed by atoms with Crippen LogP contribution >= 0.6 is 12.6 Å². The van der Waals surface area contributed by atoms with E-state index in [1.54, 1.807) is 12.4 Å². The predicted molar refractivity (Wildman–Crippen MR) is 62.7 cm³/mol. The van der Waals surface area contributed by atoms with Gasteiger partial charge in [0.15, 0.2) is 0 Å². The SMILES string of the molecule is Cc1cccc(-c2cnc(CS)nc2)n1. The van der Waals surface area contributed by atoms with Gasteiger partial charge in [-0.3, -0.25) is 4.98 Å². The highest BCUT2D eigenvalue weighted by atomic mass is 32.1. The molecule has 0 aliphatic heterocycles. The Morgan fingerprint density at radius 1 is 1.20 bits per heavy atom. The summed E-state index contributed by atoms with van der Waals surface area (Å²) >= 11 is 4.11. The van der Waals surface area contributed by atoms with Crippen LogP contribution in [0.25, 0.3) is 11.3 Å². The Labute approximate surface area is 94.0 Å². The Kier molecular flexibility index (Phi) is 2.97. The molecule has 15 heavy (non-hydrogen) atoms. The van der Waals surface area contributed by atoms with E-state index < -0.39 is 0 Å². The van der Waals surface area contributed by atoms with Gasteiger partial charge in [-0.15, -0.1) is 0 Å². The Hall–Kier alpha value is -1.42. The average molecular weight is 217 g/mol. The summed E-state index contributed by atoms with van der Waals surface area (Å²) in [6, 6.07) is 5.89. The van der Waals surface area contributed by atoms with Crippen LogP contribution in [-0.4, -0.2) is 15.0 Å². The Morgan fingerprint density at radius 3 is 2.53 bits per heavy atom. The number of rotatable bonds is 2. The maximum Gasteiger partial charge on any atom is 0.137 e. The number of hydrogen-bond donors (Lipinski definition) is 1. The molecule has 0 unspecified atom stereocenters. The topological polar surface area (TPSA) is 38.7 Å². The second-order valence-corrected chi connectivity index (χ2v) is 3.53. The molecule has 0 radical (unpaired) electrons. The van der Waals surface area contributed by atoms with E-state index in [1.807, 2.05) is 25.1 Å². The molecule has 0 fully saturated rings. The van der Waals surface area contributed by atoms with Crippen molar-refractivity contribution in [1.29, 1.82) is 0 Å². The number of aromatic nitrogens is 3. The van der Waals surface area contributed by atoms with Gasteiger partial charge in [-0.05, 0) is 19.1 Å². The van der Waals surface area contributed by atoms with Crippen LogP contribution in [-0.2, 0) is 5.75 Å². The largest absolute Gasteiger partial charge is 0.253 e. The van der Waals surface area contributed by atoms with Crippen molar-refractivity contribution in [2.24, 2.45) is 0 Å². The molecule has 0 amide bonds. The first kappa shape index (κ1) is 10.1. The van der Waals surface area contributed by atoms with Gasteiger partial charge < -0.3 is 0 Å². The smallest absolute Gasteiger partial charge is 0.137 e. The first-order chi connectivity index (χ1) is 7.29. The molecule has 3 nitrogen and oxygen atoms in total. The van der Waals surface area contributed by atoms with E-state index in [-0.39, 0.29) is 0 Å². The van der Waals surface area contributed by atoms with Crippen LogP contribution in [0.1, 0.15) is 11.5 Å². The maximum atomic E-state index is 4.40. The van der Waals surface area contributed by atoms with E-state index in [0.29, 0.717) is 5.75 Å². The van der Waals surface area contributed by atoms with E-state index in [0.717, 1.165) is 22.8 Å². The number of hydrogen-bond acceptors (Lipinski definition) is 4. The lowest BCUT2D eigenvalue weighted by Gasteiger charge is -2.01. The molecule has 2 heterocycles. The molecule has 2 rings (SSSR count). The highest BCUT2D eigenvalue weighted by molar-refractivity contribution is 7.79. The van der Waals surface area contributed by atoms with Gasteiger partial charge in [-0.2, -0.15) is 12.6 Å². The van der Waals surface area contributed by atoms with E-state index in [4.69, 9.17) is 0 Å². The molecule has 0 atom stereocenters. The predicted octanol–water partition coefficient (Wildman–Crippen LogP) is 2.28. The number of pyridine rings is 1. The molecular weight excluding hydrogens is 206 g/mol. The van der Waals surface area contributed by atoms with Crippen LogP contribution < -0.4 is 0 Å². The average Bonchev–Trinajstić information content (AvgIpc) is 2.29. The molecule has 0 N–H and O–H groups in total. The number of thiol groups is 1. The molecule has 76 valence electrons. The van der Waals surface area contributed by atoms with Crippen LogP contribution in [0.2, 0.25) is 0 Å². The summed E-state index contributed by atoms with van der Waals surface area (Å²) in [6.45, 7) is 1.96. The summed E-state index contributed by atoms with van der Waals surface area (Å²) in [5, 5.41) is 0. The van der Waals surface area contributed by atoms with E-state index >= 15 is 0 Å². The molecular formula is C11H11N3S. The van der Waals surface area contributed by atoms with Gasteiger partial charge in [0, 0.05) is 23.7 Å². The lowest BCUT2D eigenvalue weighted by molar-refractivity contribution is 1.03. The fourth-order valence-electron chi connectivity index (χ4n) is 1.27. The molecule has 0 saturated carbocycles. The quantitative estimate of drug-likeness (QED) is 0.784. The van der Waals surface area contributed by atoms with Crippen molar-refractivity contribution in [3.05, 3.63) is 42.1 Å². The highest BCUT2D eigenvalue weighted by Gasteiger charge is 2.00. The van der Waals surface area contributed by atoms with Crippen molar-refractivity contribution >= 4 is 12.6 Å². The Morgan fingerprint density at radius 2 is 1.93 bits per heavy atom. The first-order valence-electron chi connectivity index (χ1n) is 4.65. The van der Waals surface area contributed by atoms with Gasteiger partial charge in [0.1, 0.15) is 5.82 Å². The second kappa shape index (κ2) is 4.40. The zero-order valence-electron chi connectivity index (χ0n) is 8.38. The number of aryl methyl sites for hydroxylation is 1. The zero-order valence-corrected chi connectivity index (χ0v) is 9.28. The van der Waals surface area contributed by atoms with Crippen molar-refractivity contribution < 1.29 is 0 Å². The van der Waals surface area contributed by atoms with Crippen LogP contribution in [0.4, 0.5) is 0 Å². The summed E-state index contributed by atoms with van der Waals surface area (Å²) in [6.07, 6.45) is 3.56. The molecule has 4 heteroatoms. The summed E-state index contributed by atoms with van der Waals surface area (Å²) < 4.78 is 0. The summed E-state index contributed by atoms with van der Waals surface area (Å²) in [7, 11) is 0. The molecule has 0 aliphatic rings.